The lowest BCUT2D eigenvalue weighted by atomic mass is 9.85. The maximum absolute atomic E-state index is 13.2. The van der Waals surface area contributed by atoms with Crippen molar-refractivity contribution in [2.24, 2.45) is 0 Å². The number of halogens is 6. The van der Waals surface area contributed by atoms with Gasteiger partial charge in [0.25, 0.3) is 0 Å². The first-order valence-electron chi connectivity index (χ1n) is 11.1. The summed E-state index contributed by atoms with van der Waals surface area (Å²) in [5, 5.41) is 0. The zero-order valence-corrected chi connectivity index (χ0v) is 18.7. The van der Waals surface area contributed by atoms with Crippen LogP contribution in [0.4, 0.5) is 26.3 Å². The zero-order chi connectivity index (χ0) is 25.5. The van der Waals surface area contributed by atoms with Crippen LogP contribution in [0, 0.1) is 0 Å². The lowest BCUT2D eigenvalue weighted by Gasteiger charge is -2.18. The monoisotopic (exact) mass is 492 g/mol. The van der Waals surface area contributed by atoms with Gasteiger partial charge in [-0.2, -0.15) is 26.3 Å². The molecule has 36 heavy (non-hydrogen) atoms. The Labute approximate surface area is 203 Å². The number of benzene rings is 4. The van der Waals surface area contributed by atoms with Gasteiger partial charge in [-0.05, 0) is 74.9 Å². The van der Waals surface area contributed by atoms with E-state index in [1.807, 2.05) is 60.7 Å². The van der Waals surface area contributed by atoms with Crippen molar-refractivity contribution in [2.45, 2.75) is 12.4 Å². The molecule has 0 aliphatic heterocycles. The Bertz CT molecular complexity index is 1450. The molecule has 0 spiro atoms. The molecule has 0 saturated heterocycles. The van der Waals surface area contributed by atoms with Gasteiger partial charge in [0.15, 0.2) is 0 Å². The number of allylic oxidation sites excluding steroid dienone is 2. The first-order chi connectivity index (χ1) is 17.1. The van der Waals surface area contributed by atoms with Gasteiger partial charge in [0.2, 0.25) is 0 Å². The van der Waals surface area contributed by atoms with Crippen LogP contribution >= 0.6 is 0 Å². The standard InChI is InChI=1S/C30H18F6/c31-29(32,33)23-14-10-19(11-15-23)26-18-22-8-4-5-9-25(22)28(26)27(20-6-2-1-3-7-20)21-12-16-24(17-13-21)30(34,35)36/h1-18H/b28-27-. The second kappa shape index (κ2) is 8.86. The molecule has 1 aliphatic rings. The number of hydrogen-bond donors (Lipinski definition) is 0. The molecule has 4 aromatic carbocycles. The maximum atomic E-state index is 13.2. The van der Waals surface area contributed by atoms with Gasteiger partial charge >= 0.3 is 12.4 Å². The summed E-state index contributed by atoms with van der Waals surface area (Å²) < 4.78 is 79.2. The van der Waals surface area contributed by atoms with Gasteiger partial charge in [-0.15, -0.1) is 0 Å². The van der Waals surface area contributed by atoms with Gasteiger partial charge in [0, 0.05) is 0 Å². The third-order valence-corrected chi connectivity index (χ3v) is 6.14. The summed E-state index contributed by atoms with van der Waals surface area (Å²) in [6.07, 6.45) is -7.02. The number of fused-ring (bicyclic) bond motifs is 1. The third-order valence-electron chi connectivity index (χ3n) is 6.14. The van der Waals surface area contributed by atoms with Gasteiger partial charge in [-0.3, -0.25) is 0 Å². The lowest BCUT2D eigenvalue weighted by molar-refractivity contribution is -0.138. The minimum absolute atomic E-state index is 0.568. The van der Waals surface area contributed by atoms with E-state index in [-0.39, 0.29) is 0 Å². The van der Waals surface area contributed by atoms with Crippen LogP contribution in [0.2, 0.25) is 0 Å². The number of hydrogen-bond acceptors (Lipinski definition) is 0. The Hall–Kier alpha value is -4.06. The summed E-state index contributed by atoms with van der Waals surface area (Å²) >= 11 is 0. The van der Waals surface area contributed by atoms with Crippen molar-refractivity contribution in [1.29, 1.82) is 0 Å². The molecule has 0 bridgehead atoms. The van der Waals surface area contributed by atoms with Crippen LogP contribution in [0.5, 0.6) is 0 Å². The van der Waals surface area contributed by atoms with Crippen LogP contribution in [0.15, 0.2) is 103 Å². The third kappa shape index (κ3) is 4.47. The molecule has 0 aromatic heterocycles. The quantitative estimate of drug-likeness (QED) is 0.250. The Morgan fingerprint density at radius 3 is 1.58 bits per heavy atom. The van der Waals surface area contributed by atoms with Gasteiger partial charge < -0.3 is 0 Å². The molecule has 180 valence electrons. The van der Waals surface area contributed by atoms with Crippen LogP contribution in [0.3, 0.4) is 0 Å². The summed E-state index contributed by atoms with van der Waals surface area (Å²) in [5.41, 5.74) is 4.29. The smallest absolute Gasteiger partial charge is 0.166 e. The SMILES string of the molecule is FC(F)(F)c1ccc(C2=Cc3ccccc3/C2=C(\c2ccccc2)c2ccc(C(F)(F)F)cc2)cc1. The molecule has 0 fully saturated rings. The Morgan fingerprint density at radius 1 is 0.500 bits per heavy atom. The molecule has 0 atom stereocenters. The van der Waals surface area contributed by atoms with E-state index in [1.165, 1.54) is 24.3 Å². The van der Waals surface area contributed by atoms with Gasteiger partial charge in [0.1, 0.15) is 0 Å². The average Bonchev–Trinajstić information content (AvgIpc) is 3.24. The van der Waals surface area contributed by atoms with Crippen molar-refractivity contribution in [3.63, 3.8) is 0 Å². The fourth-order valence-electron chi connectivity index (χ4n) is 4.45. The minimum Gasteiger partial charge on any atom is -0.166 e. The highest BCUT2D eigenvalue weighted by Crippen LogP contribution is 2.47. The van der Waals surface area contributed by atoms with E-state index in [2.05, 4.69) is 0 Å². The van der Waals surface area contributed by atoms with Crippen molar-refractivity contribution in [3.05, 3.63) is 142 Å². The molecule has 0 heterocycles. The molecule has 5 rings (SSSR count). The van der Waals surface area contributed by atoms with Gasteiger partial charge in [-0.1, -0.05) is 78.9 Å². The van der Waals surface area contributed by atoms with Crippen LogP contribution in [0.25, 0.3) is 22.8 Å². The second-order valence-electron chi connectivity index (χ2n) is 8.41. The van der Waals surface area contributed by atoms with E-state index in [9.17, 15) is 26.3 Å². The first-order valence-corrected chi connectivity index (χ1v) is 11.1. The normalized spacial score (nSPS) is 14.9. The van der Waals surface area contributed by atoms with Crippen molar-refractivity contribution >= 4 is 22.8 Å². The molecule has 0 nitrogen and oxygen atoms in total. The molecule has 0 amide bonds. The molecule has 0 saturated carbocycles. The van der Waals surface area contributed by atoms with Crippen molar-refractivity contribution < 1.29 is 26.3 Å². The first kappa shape index (κ1) is 23.7. The lowest BCUT2D eigenvalue weighted by Crippen LogP contribution is -2.05. The van der Waals surface area contributed by atoms with Gasteiger partial charge in [-0.25, -0.2) is 0 Å². The molecular weight excluding hydrogens is 474 g/mol. The Kier molecular flexibility index (Phi) is 5.83. The molecule has 6 heteroatoms. The van der Waals surface area contributed by atoms with E-state index >= 15 is 0 Å². The van der Waals surface area contributed by atoms with Gasteiger partial charge in [0.05, 0.1) is 11.1 Å². The molecular formula is C30H18F6. The van der Waals surface area contributed by atoms with E-state index < -0.39 is 23.5 Å². The summed E-state index contributed by atoms with van der Waals surface area (Å²) in [6.45, 7) is 0. The summed E-state index contributed by atoms with van der Waals surface area (Å²) in [5.74, 6) is 0. The molecule has 0 radical (unpaired) electrons. The predicted molar refractivity (Wildman–Crippen MR) is 130 cm³/mol. The van der Waals surface area contributed by atoms with E-state index in [1.54, 1.807) is 0 Å². The highest BCUT2D eigenvalue weighted by molar-refractivity contribution is 6.25. The van der Waals surface area contributed by atoms with Crippen molar-refractivity contribution in [2.75, 3.05) is 0 Å². The molecule has 0 N–H and O–H groups in total. The topological polar surface area (TPSA) is 0 Å². The van der Waals surface area contributed by atoms with Crippen molar-refractivity contribution in [3.8, 4) is 0 Å². The number of rotatable bonds is 3. The zero-order valence-electron chi connectivity index (χ0n) is 18.7. The fraction of sp³-hybridized carbons (Fsp3) is 0.0667. The molecule has 0 unspecified atom stereocenters. The Balaban J connectivity index is 1.76. The van der Waals surface area contributed by atoms with Crippen LogP contribution in [-0.4, -0.2) is 0 Å². The highest BCUT2D eigenvalue weighted by atomic mass is 19.4. The van der Waals surface area contributed by atoms with Crippen LogP contribution < -0.4 is 0 Å². The van der Waals surface area contributed by atoms with Crippen LogP contribution in [0.1, 0.15) is 38.9 Å². The largest absolute Gasteiger partial charge is 0.416 e. The second-order valence-corrected chi connectivity index (χ2v) is 8.41. The molecule has 1 aliphatic carbocycles. The maximum Gasteiger partial charge on any atom is 0.416 e. The highest BCUT2D eigenvalue weighted by Gasteiger charge is 2.32. The van der Waals surface area contributed by atoms with E-state index in [0.717, 1.165) is 46.5 Å². The van der Waals surface area contributed by atoms with Crippen molar-refractivity contribution in [1.82, 2.24) is 0 Å². The fourth-order valence-corrected chi connectivity index (χ4v) is 4.45. The number of alkyl halides is 6. The van der Waals surface area contributed by atoms with Crippen LogP contribution in [-0.2, 0) is 12.4 Å². The summed E-state index contributed by atoms with van der Waals surface area (Å²) in [4.78, 5) is 0. The molecule has 4 aromatic rings. The Morgan fingerprint density at radius 2 is 1.00 bits per heavy atom. The van der Waals surface area contributed by atoms with E-state index in [4.69, 9.17) is 0 Å². The average molecular weight is 492 g/mol. The minimum atomic E-state index is -4.47. The predicted octanol–water partition coefficient (Wildman–Crippen LogP) is 9.24. The summed E-state index contributed by atoms with van der Waals surface area (Å²) in [7, 11) is 0. The van der Waals surface area contributed by atoms with E-state index in [0.29, 0.717) is 22.3 Å². The summed E-state index contributed by atoms with van der Waals surface area (Å²) in [6, 6.07) is 26.7.